The molecule has 0 aliphatic carbocycles. The predicted molar refractivity (Wildman–Crippen MR) is 75.5 cm³/mol. The summed E-state index contributed by atoms with van der Waals surface area (Å²) in [5.74, 6) is -0.0410. The Hall–Kier alpha value is -2.04. The number of hydrogen-bond acceptors (Lipinski definition) is 3. The highest BCUT2D eigenvalue weighted by Gasteiger charge is 2.20. The molecule has 0 radical (unpaired) electrons. The van der Waals surface area contributed by atoms with Gasteiger partial charge in [-0.3, -0.25) is 4.79 Å². The normalized spacial score (nSPS) is 12.3. The Balaban J connectivity index is 2.78. The molecule has 0 saturated heterocycles. The summed E-state index contributed by atoms with van der Waals surface area (Å²) >= 11 is 0. The first-order valence-corrected chi connectivity index (χ1v) is 6.20. The van der Waals surface area contributed by atoms with Gasteiger partial charge in [0.1, 0.15) is 5.84 Å². The fraction of sp³-hybridized carbons (Fsp3) is 0.429. The zero-order valence-corrected chi connectivity index (χ0v) is 11.6. The minimum absolute atomic E-state index is 0.0977. The van der Waals surface area contributed by atoms with E-state index in [2.05, 4.69) is 31.2 Å². The number of nitrogens with two attached hydrogens (primary N) is 1. The van der Waals surface area contributed by atoms with Gasteiger partial charge in [-0.15, -0.1) is 0 Å². The number of rotatable bonds is 4. The van der Waals surface area contributed by atoms with Crippen molar-refractivity contribution in [1.82, 2.24) is 5.32 Å². The van der Waals surface area contributed by atoms with E-state index in [1.54, 1.807) is 6.07 Å². The summed E-state index contributed by atoms with van der Waals surface area (Å²) in [4.78, 5) is 12.1. The van der Waals surface area contributed by atoms with Gasteiger partial charge in [0.15, 0.2) is 0 Å². The summed E-state index contributed by atoms with van der Waals surface area (Å²) in [6.45, 7) is 6.54. The minimum atomic E-state index is -0.142. The molecular weight excluding hydrogens is 242 g/mol. The first kappa shape index (κ1) is 15.0. The van der Waals surface area contributed by atoms with Gasteiger partial charge in [-0.25, -0.2) is 0 Å². The van der Waals surface area contributed by atoms with Gasteiger partial charge in [-0.1, -0.05) is 44.1 Å². The van der Waals surface area contributed by atoms with E-state index in [4.69, 9.17) is 10.9 Å². The first-order chi connectivity index (χ1) is 8.86. The Morgan fingerprint density at radius 2 is 2.00 bits per heavy atom. The van der Waals surface area contributed by atoms with E-state index in [1.165, 1.54) is 0 Å². The van der Waals surface area contributed by atoms with Crippen LogP contribution in [0.15, 0.2) is 29.4 Å². The van der Waals surface area contributed by atoms with E-state index in [0.29, 0.717) is 18.5 Å². The average molecular weight is 263 g/mol. The molecule has 104 valence electrons. The molecule has 0 saturated carbocycles. The van der Waals surface area contributed by atoms with Gasteiger partial charge in [-0.2, -0.15) is 0 Å². The Kier molecular flexibility index (Phi) is 4.92. The van der Waals surface area contributed by atoms with Crippen molar-refractivity contribution in [2.24, 2.45) is 10.9 Å². The van der Waals surface area contributed by atoms with Gasteiger partial charge in [0.05, 0.1) is 0 Å². The lowest BCUT2D eigenvalue weighted by atomic mass is 9.83. The molecule has 5 nitrogen and oxygen atoms in total. The molecule has 0 fully saturated rings. The van der Waals surface area contributed by atoms with Gasteiger partial charge in [0, 0.05) is 18.5 Å². The molecule has 0 bridgehead atoms. The molecule has 0 aliphatic heterocycles. The van der Waals surface area contributed by atoms with Gasteiger partial charge in [-0.05, 0) is 17.0 Å². The molecule has 1 rings (SSSR count). The number of hydrogen-bond donors (Lipinski definition) is 3. The molecule has 0 spiro atoms. The quantitative estimate of drug-likeness (QED) is 0.335. The number of benzene rings is 1. The van der Waals surface area contributed by atoms with Crippen molar-refractivity contribution in [3.05, 3.63) is 35.4 Å². The fourth-order valence-electron chi connectivity index (χ4n) is 1.78. The Labute approximate surface area is 113 Å². The van der Waals surface area contributed by atoms with Crippen molar-refractivity contribution in [1.29, 1.82) is 0 Å². The molecular formula is C14H21N3O2. The van der Waals surface area contributed by atoms with Gasteiger partial charge in [0.25, 0.3) is 5.91 Å². The van der Waals surface area contributed by atoms with Crippen LogP contribution in [0.4, 0.5) is 0 Å². The number of amidine groups is 1. The van der Waals surface area contributed by atoms with Crippen molar-refractivity contribution in [3.8, 4) is 0 Å². The van der Waals surface area contributed by atoms with Gasteiger partial charge in [0.2, 0.25) is 0 Å². The lowest BCUT2D eigenvalue weighted by molar-refractivity contribution is 0.0952. The van der Waals surface area contributed by atoms with Crippen LogP contribution in [0.25, 0.3) is 0 Å². The largest absolute Gasteiger partial charge is 0.409 e. The van der Waals surface area contributed by atoms with E-state index < -0.39 is 0 Å². The van der Waals surface area contributed by atoms with E-state index in [0.717, 1.165) is 5.56 Å². The van der Waals surface area contributed by atoms with Crippen molar-refractivity contribution < 1.29 is 10.0 Å². The maximum absolute atomic E-state index is 12.1. The summed E-state index contributed by atoms with van der Waals surface area (Å²) in [6, 6.07) is 7.53. The Morgan fingerprint density at radius 3 is 2.58 bits per heavy atom. The predicted octanol–water partition coefficient (Wildman–Crippen LogP) is 1.85. The Morgan fingerprint density at radius 1 is 1.37 bits per heavy atom. The van der Waals surface area contributed by atoms with Crippen LogP contribution in [0, 0.1) is 0 Å². The third kappa shape index (κ3) is 4.28. The third-order valence-corrected chi connectivity index (χ3v) is 2.77. The highest BCUT2D eigenvalue weighted by Crippen LogP contribution is 2.25. The van der Waals surface area contributed by atoms with Crippen molar-refractivity contribution in [2.75, 3.05) is 6.54 Å². The van der Waals surface area contributed by atoms with Crippen LogP contribution in [-0.4, -0.2) is 23.5 Å². The number of nitrogens with zero attached hydrogens (tertiary/aromatic N) is 1. The summed E-state index contributed by atoms with van der Waals surface area (Å²) in [7, 11) is 0. The summed E-state index contributed by atoms with van der Waals surface area (Å²) in [5, 5.41) is 14.0. The summed E-state index contributed by atoms with van der Waals surface area (Å²) < 4.78 is 0. The third-order valence-electron chi connectivity index (χ3n) is 2.77. The second-order valence-corrected chi connectivity index (χ2v) is 5.39. The van der Waals surface area contributed by atoms with E-state index >= 15 is 0 Å². The monoisotopic (exact) mass is 263 g/mol. The zero-order chi connectivity index (χ0) is 14.5. The molecule has 0 aliphatic rings. The maximum Gasteiger partial charge on any atom is 0.251 e. The lowest BCUT2D eigenvalue weighted by Gasteiger charge is -2.22. The van der Waals surface area contributed by atoms with Crippen LogP contribution in [0.5, 0.6) is 0 Å². The highest BCUT2D eigenvalue weighted by molar-refractivity contribution is 5.96. The van der Waals surface area contributed by atoms with Gasteiger partial charge < -0.3 is 16.3 Å². The molecule has 0 aromatic heterocycles. The zero-order valence-electron chi connectivity index (χ0n) is 11.6. The summed E-state index contributed by atoms with van der Waals surface area (Å²) in [5.41, 5.74) is 6.91. The van der Waals surface area contributed by atoms with Crippen LogP contribution < -0.4 is 11.1 Å². The molecule has 19 heavy (non-hydrogen) atoms. The summed E-state index contributed by atoms with van der Waals surface area (Å²) in [6.07, 6.45) is 0.319. The number of oxime groups is 1. The van der Waals surface area contributed by atoms with Crippen molar-refractivity contribution >= 4 is 11.7 Å². The molecule has 1 amide bonds. The van der Waals surface area contributed by atoms with Crippen LogP contribution >= 0.6 is 0 Å². The smallest absolute Gasteiger partial charge is 0.251 e. The molecule has 1 aromatic carbocycles. The van der Waals surface area contributed by atoms with E-state index in [1.807, 2.05) is 18.2 Å². The molecule has 4 N–H and O–H groups in total. The molecule has 0 heterocycles. The molecule has 0 unspecified atom stereocenters. The molecule has 5 heteroatoms. The SMILES string of the molecule is CC(C)(C)c1ccccc1C(=O)NCC/C(N)=N/O. The topological polar surface area (TPSA) is 87.7 Å². The standard InChI is InChI=1S/C14H21N3O2/c1-14(2,3)11-7-5-4-6-10(11)13(18)16-9-8-12(15)17-19/h4-7,19H,8-9H2,1-3H3,(H2,15,17)(H,16,18). The number of amides is 1. The van der Waals surface area contributed by atoms with Crippen LogP contribution in [-0.2, 0) is 5.41 Å². The number of carbonyl (C=O) groups excluding carboxylic acids is 1. The second kappa shape index (κ2) is 6.22. The van der Waals surface area contributed by atoms with E-state index in [9.17, 15) is 4.79 Å². The average Bonchev–Trinajstić information content (AvgIpc) is 2.37. The van der Waals surface area contributed by atoms with Crippen LogP contribution in [0.1, 0.15) is 43.1 Å². The lowest BCUT2D eigenvalue weighted by Crippen LogP contribution is -2.30. The van der Waals surface area contributed by atoms with E-state index in [-0.39, 0.29) is 17.2 Å². The number of carbonyl (C=O) groups is 1. The number of nitrogens with one attached hydrogen (secondary N) is 1. The fourth-order valence-corrected chi connectivity index (χ4v) is 1.78. The molecule has 0 atom stereocenters. The van der Waals surface area contributed by atoms with Crippen LogP contribution in [0.2, 0.25) is 0 Å². The Bertz CT molecular complexity index is 476. The minimum Gasteiger partial charge on any atom is -0.409 e. The van der Waals surface area contributed by atoms with Crippen molar-refractivity contribution in [3.63, 3.8) is 0 Å². The second-order valence-electron chi connectivity index (χ2n) is 5.39. The maximum atomic E-state index is 12.1. The van der Waals surface area contributed by atoms with Gasteiger partial charge >= 0.3 is 0 Å². The first-order valence-electron chi connectivity index (χ1n) is 6.20. The molecule has 1 aromatic rings. The van der Waals surface area contributed by atoms with Crippen molar-refractivity contribution in [2.45, 2.75) is 32.6 Å². The van der Waals surface area contributed by atoms with Crippen LogP contribution in [0.3, 0.4) is 0 Å². The highest BCUT2D eigenvalue weighted by atomic mass is 16.4.